The van der Waals surface area contributed by atoms with Crippen LogP contribution in [0.15, 0.2) is 40.8 Å². The molecule has 0 spiro atoms. The summed E-state index contributed by atoms with van der Waals surface area (Å²) >= 11 is 0. The number of ether oxygens (including phenoxy) is 1. The molecule has 3 aromatic rings. The van der Waals surface area contributed by atoms with Crippen LogP contribution in [0.1, 0.15) is 31.7 Å². The number of furan rings is 1. The fourth-order valence-electron chi connectivity index (χ4n) is 3.16. The van der Waals surface area contributed by atoms with Gasteiger partial charge in [-0.15, -0.1) is 0 Å². The number of para-hydroxylation sites is 1. The van der Waals surface area contributed by atoms with Crippen LogP contribution in [0.4, 0.5) is 0 Å². The van der Waals surface area contributed by atoms with Crippen LogP contribution in [-0.2, 0) is 4.79 Å². The van der Waals surface area contributed by atoms with E-state index in [0.29, 0.717) is 13.0 Å². The molecule has 1 aliphatic heterocycles. The van der Waals surface area contributed by atoms with Gasteiger partial charge in [0.15, 0.2) is 11.3 Å². The average Bonchev–Trinajstić information content (AvgIpc) is 3.19. The van der Waals surface area contributed by atoms with Crippen LogP contribution in [0.2, 0.25) is 0 Å². The summed E-state index contributed by atoms with van der Waals surface area (Å²) in [5.41, 5.74) is 2.75. The number of hydrogen-bond acceptors (Lipinski definition) is 3. The minimum absolute atomic E-state index is 0.108. The molecule has 2 heterocycles. The Morgan fingerprint density at radius 1 is 1.17 bits per heavy atom. The van der Waals surface area contributed by atoms with Gasteiger partial charge in [-0.05, 0) is 17.7 Å². The molecule has 0 radical (unpaired) electrons. The number of rotatable bonds is 2. The number of methoxy groups -OCH3 is 1. The molecule has 1 saturated heterocycles. The highest BCUT2D eigenvalue weighted by Crippen LogP contribution is 2.40. The molecule has 120 valence electrons. The molecule has 1 aromatic heterocycles. The van der Waals surface area contributed by atoms with E-state index in [1.165, 1.54) is 0 Å². The molecule has 23 heavy (non-hydrogen) atoms. The number of amides is 1. The lowest BCUT2D eigenvalue weighted by atomic mass is 9.93. The third-order valence-corrected chi connectivity index (χ3v) is 4.16. The summed E-state index contributed by atoms with van der Waals surface area (Å²) in [5.74, 6) is 1.02. The highest BCUT2D eigenvalue weighted by atomic mass is 16.5. The minimum atomic E-state index is 0.108. The van der Waals surface area contributed by atoms with Crippen molar-refractivity contribution in [2.45, 2.75) is 26.2 Å². The zero-order chi connectivity index (χ0) is 16.4. The Morgan fingerprint density at radius 2 is 1.96 bits per heavy atom. The number of benzene rings is 2. The first-order valence-electron chi connectivity index (χ1n) is 8.03. The summed E-state index contributed by atoms with van der Waals surface area (Å²) in [6.45, 7) is 4.68. The summed E-state index contributed by atoms with van der Waals surface area (Å²) in [6, 6.07) is 11.9. The first-order chi connectivity index (χ1) is 11.3. The Balaban J connectivity index is 0.000000753. The van der Waals surface area contributed by atoms with Crippen LogP contribution in [-0.4, -0.2) is 19.6 Å². The van der Waals surface area contributed by atoms with E-state index in [1.54, 1.807) is 7.11 Å². The third kappa shape index (κ3) is 2.54. The van der Waals surface area contributed by atoms with Gasteiger partial charge in [0.1, 0.15) is 5.58 Å². The molecule has 1 unspecified atom stereocenters. The second-order valence-corrected chi connectivity index (χ2v) is 5.36. The van der Waals surface area contributed by atoms with Crippen LogP contribution < -0.4 is 10.1 Å². The highest BCUT2D eigenvalue weighted by Gasteiger charge is 2.27. The van der Waals surface area contributed by atoms with Gasteiger partial charge >= 0.3 is 0 Å². The van der Waals surface area contributed by atoms with Gasteiger partial charge in [-0.2, -0.15) is 0 Å². The lowest BCUT2D eigenvalue weighted by Crippen LogP contribution is -2.13. The zero-order valence-corrected chi connectivity index (χ0v) is 13.7. The molecule has 4 nitrogen and oxygen atoms in total. The van der Waals surface area contributed by atoms with E-state index in [4.69, 9.17) is 9.15 Å². The first kappa shape index (κ1) is 15.4. The van der Waals surface area contributed by atoms with E-state index < -0.39 is 0 Å². The maximum atomic E-state index is 11.5. The Labute approximate surface area is 135 Å². The van der Waals surface area contributed by atoms with Crippen LogP contribution >= 0.6 is 0 Å². The summed E-state index contributed by atoms with van der Waals surface area (Å²) in [6.07, 6.45) is 0.529. The standard InChI is InChI=1S/C17H15NO3.C2H6/c1-20-14-7-6-11(10-8-15(19)18-9-10)16-12-4-2-3-5-13(12)21-17(14)16;1-2/h2-7,10H,8-9H2,1H3,(H,18,19);1-2H3. The quantitative estimate of drug-likeness (QED) is 0.770. The van der Waals surface area contributed by atoms with Crippen molar-refractivity contribution in [3.63, 3.8) is 0 Å². The van der Waals surface area contributed by atoms with Gasteiger partial charge in [0.05, 0.1) is 7.11 Å². The van der Waals surface area contributed by atoms with Crippen molar-refractivity contribution in [2.75, 3.05) is 13.7 Å². The molecule has 0 bridgehead atoms. The zero-order valence-electron chi connectivity index (χ0n) is 13.7. The van der Waals surface area contributed by atoms with Gasteiger partial charge in [0, 0.05) is 29.7 Å². The van der Waals surface area contributed by atoms with E-state index in [0.717, 1.165) is 33.3 Å². The summed E-state index contributed by atoms with van der Waals surface area (Å²) in [7, 11) is 1.64. The fraction of sp³-hybridized carbons (Fsp3) is 0.316. The van der Waals surface area contributed by atoms with Crippen molar-refractivity contribution >= 4 is 27.8 Å². The Kier molecular flexibility index (Phi) is 4.24. The lowest BCUT2D eigenvalue weighted by molar-refractivity contribution is -0.119. The number of nitrogens with one attached hydrogen (secondary N) is 1. The van der Waals surface area contributed by atoms with Crippen molar-refractivity contribution < 1.29 is 13.9 Å². The second-order valence-electron chi connectivity index (χ2n) is 5.36. The average molecular weight is 311 g/mol. The predicted molar refractivity (Wildman–Crippen MR) is 92.0 cm³/mol. The van der Waals surface area contributed by atoms with E-state index in [2.05, 4.69) is 5.32 Å². The minimum Gasteiger partial charge on any atom is -0.493 e. The monoisotopic (exact) mass is 311 g/mol. The summed E-state index contributed by atoms with van der Waals surface area (Å²) < 4.78 is 11.4. The maximum absolute atomic E-state index is 11.5. The van der Waals surface area contributed by atoms with Crippen molar-refractivity contribution in [2.24, 2.45) is 0 Å². The van der Waals surface area contributed by atoms with E-state index >= 15 is 0 Å². The van der Waals surface area contributed by atoms with E-state index in [-0.39, 0.29) is 11.8 Å². The molecule has 4 rings (SSSR count). The Hall–Kier alpha value is -2.49. The van der Waals surface area contributed by atoms with E-state index in [9.17, 15) is 4.79 Å². The van der Waals surface area contributed by atoms with Crippen molar-refractivity contribution in [1.82, 2.24) is 5.32 Å². The largest absolute Gasteiger partial charge is 0.493 e. The van der Waals surface area contributed by atoms with E-state index in [1.807, 2.05) is 50.2 Å². The lowest BCUT2D eigenvalue weighted by Gasteiger charge is -2.11. The molecule has 1 N–H and O–H groups in total. The van der Waals surface area contributed by atoms with Gasteiger partial charge in [0.25, 0.3) is 0 Å². The topological polar surface area (TPSA) is 51.5 Å². The normalized spacial score (nSPS) is 17.0. The molecule has 1 fully saturated rings. The smallest absolute Gasteiger partial charge is 0.220 e. The SMILES string of the molecule is CC.COc1ccc(C2CNC(=O)C2)c2c1oc1ccccc12. The van der Waals surface area contributed by atoms with Crippen LogP contribution in [0.5, 0.6) is 5.75 Å². The Morgan fingerprint density at radius 3 is 2.65 bits per heavy atom. The van der Waals surface area contributed by atoms with Gasteiger partial charge in [0.2, 0.25) is 5.91 Å². The molecular formula is C19H21NO3. The molecule has 1 amide bonds. The van der Waals surface area contributed by atoms with Crippen molar-refractivity contribution in [3.8, 4) is 5.75 Å². The molecule has 4 heteroatoms. The molecule has 0 aliphatic carbocycles. The Bertz CT molecular complexity index is 850. The number of fused-ring (bicyclic) bond motifs is 3. The predicted octanol–water partition coefficient (Wildman–Crippen LogP) is 4.22. The summed E-state index contributed by atoms with van der Waals surface area (Å²) in [5, 5.41) is 5.03. The van der Waals surface area contributed by atoms with Gasteiger partial charge in [-0.3, -0.25) is 4.79 Å². The van der Waals surface area contributed by atoms with Crippen molar-refractivity contribution in [3.05, 3.63) is 42.0 Å². The maximum Gasteiger partial charge on any atom is 0.220 e. The molecule has 1 aliphatic rings. The molecule has 2 aromatic carbocycles. The van der Waals surface area contributed by atoms with Crippen molar-refractivity contribution in [1.29, 1.82) is 0 Å². The van der Waals surface area contributed by atoms with Crippen LogP contribution in [0.3, 0.4) is 0 Å². The summed E-state index contributed by atoms with van der Waals surface area (Å²) in [4.78, 5) is 11.5. The fourth-order valence-corrected chi connectivity index (χ4v) is 3.16. The van der Waals surface area contributed by atoms with Gasteiger partial charge in [-0.1, -0.05) is 38.1 Å². The molecule has 0 saturated carbocycles. The highest BCUT2D eigenvalue weighted by molar-refractivity contribution is 6.09. The first-order valence-corrected chi connectivity index (χ1v) is 8.03. The van der Waals surface area contributed by atoms with Gasteiger partial charge in [-0.25, -0.2) is 0 Å². The van der Waals surface area contributed by atoms with Gasteiger partial charge < -0.3 is 14.5 Å². The number of hydrogen-bond donors (Lipinski definition) is 1. The molecular weight excluding hydrogens is 290 g/mol. The van der Waals surface area contributed by atoms with Crippen LogP contribution in [0, 0.1) is 0 Å². The number of carbonyl (C=O) groups excluding carboxylic acids is 1. The second kappa shape index (κ2) is 6.32. The van der Waals surface area contributed by atoms with Crippen LogP contribution in [0.25, 0.3) is 21.9 Å². The number of carbonyl (C=O) groups is 1. The third-order valence-electron chi connectivity index (χ3n) is 4.16. The molecule has 1 atom stereocenters.